The topological polar surface area (TPSA) is 86.8 Å². The molecule has 4 aromatic rings. The molecule has 4 aromatic carbocycles. The van der Waals surface area contributed by atoms with Crippen LogP contribution >= 0.6 is 34.8 Å². The molecule has 0 fully saturated rings. The minimum Gasteiger partial charge on any atom is -0.354 e. The Labute approximate surface area is 279 Å². The lowest BCUT2D eigenvalue weighted by Crippen LogP contribution is -2.53. The number of rotatable bonds is 14. The summed E-state index contributed by atoms with van der Waals surface area (Å²) >= 11 is 19.6. The standard InChI is InChI=1S/C34H34Cl3N3O4S/c1-2-3-21-38-34(42)32(22-25-13-6-4-7-14-25)39(23-27-28(35)18-12-19-29(27)36)33(41)24-40(31-20-11-10-17-30(31)37)45(43,44)26-15-8-5-9-16-26/h4-20,32H,2-3,21-24H2,1H3,(H,38,42)/t32-/m1/s1. The number of carbonyl (C=O) groups excluding carboxylic acids is 2. The number of hydrogen-bond acceptors (Lipinski definition) is 4. The lowest BCUT2D eigenvalue weighted by Gasteiger charge is -2.34. The number of amides is 2. The maximum atomic E-state index is 14.5. The zero-order valence-electron chi connectivity index (χ0n) is 24.7. The molecule has 0 spiro atoms. The molecular formula is C34H34Cl3N3O4S. The molecule has 0 radical (unpaired) electrons. The van der Waals surface area contributed by atoms with Crippen LogP contribution < -0.4 is 9.62 Å². The SMILES string of the molecule is CCCCNC(=O)[C@@H](Cc1ccccc1)N(Cc1c(Cl)cccc1Cl)C(=O)CN(c1ccccc1Cl)S(=O)(=O)c1ccccc1. The van der Waals surface area contributed by atoms with Gasteiger partial charge in [-0.2, -0.15) is 0 Å². The highest BCUT2D eigenvalue weighted by Crippen LogP contribution is 2.32. The maximum Gasteiger partial charge on any atom is 0.264 e. The average molecular weight is 687 g/mol. The first-order valence-corrected chi connectivity index (χ1v) is 17.1. The monoisotopic (exact) mass is 685 g/mol. The first-order chi connectivity index (χ1) is 21.6. The van der Waals surface area contributed by atoms with Crippen LogP contribution in [0.5, 0.6) is 0 Å². The van der Waals surface area contributed by atoms with Gasteiger partial charge in [-0.15, -0.1) is 0 Å². The fourth-order valence-electron chi connectivity index (χ4n) is 4.80. The molecule has 0 aromatic heterocycles. The number of nitrogens with one attached hydrogen (secondary N) is 1. The molecule has 0 aliphatic heterocycles. The molecule has 0 saturated heterocycles. The summed E-state index contributed by atoms with van der Waals surface area (Å²) in [6.07, 6.45) is 1.79. The third-order valence-corrected chi connectivity index (χ3v) is 10.0. The van der Waals surface area contributed by atoms with Crippen molar-refractivity contribution in [3.05, 3.63) is 129 Å². The molecule has 7 nitrogen and oxygen atoms in total. The molecule has 1 atom stereocenters. The third-order valence-electron chi connectivity index (χ3n) is 7.22. The molecule has 11 heteroatoms. The zero-order chi connectivity index (χ0) is 32.4. The van der Waals surface area contributed by atoms with Gasteiger partial charge in [0.15, 0.2) is 0 Å². The van der Waals surface area contributed by atoms with E-state index in [9.17, 15) is 18.0 Å². The number of anilines is 1. The lowest BCUT2D eigenvalue weighted by molar-refractivity contribution is -0.140. The highest BCUT2D eigenvalue weighted by atomic mass is 35.5. The van der Waals surface area contributed by atoms with Crippen molar-refractivity contribution < 1.29 is 18.0 Å². The number of carbonyl (C=O) groups is 2. The Bertz CT molecular complexity index is 1690. The van der Waals surface area contributed by atoms with Crippen LogP contribution in [0, 0.1) is 0 Å². The highest BCUT2D eigenvalue weighted by molar-refractivity contribution is 7.92. The van der Waals surface area contributed by atoms with Crippen molar-refractivity contribution in [1.29, 1.82) is 0 Å². The summed E-state index contributed by atoms with van der Waals surface area (Å²) in [4.78, 5) is 29.7. The summed E-state index contributed by atoms with van der Waals surface area (Å²) in [5.41, 5.74) is 1.37. The number of halogens is 3. The molecule has 0 heterocycles. The summed E-state index contributed by atoms with van der Waals surface area (Å²) in [5.74, 6) is -1.02. The van der Waals surface area contributed by atoms with Crippen LogP contribution in [0.15, 0.2) is 108 Å². The van der Waals surface area contributed by atoms with E-state index >= 15 is 0 Å². The second-order valence-electron chi connectivity index (χ2n) is 10.3. The Kier molecular flexibility index (Phi) is 12.3. The van der Waals surface area contributed by atoms with Crippen LogP contribution in [0.3, 0.4) is 0 Å². The fourth-order valence-corrected chi connectivity index (χ4v) is 7.06. The van der Waals surface area contributed by atoms with E-state index in [2.05, 4.69) is 5.32 Å². The van der Waals surface area contributed by atoms with Gasteiger partial charge in [-0.3, -0.25) is 13.9 Å². The van der Waals surface area contributed by atoms with E-state index < -0.39 is 28.5 Å². The molecule has 0 bridgehead atoms. The molecule has 0 unspecified atom stereocenters. The van der Waals surface area contributed by atoms with E-state index in [0.29, 0.717) is 22.2 Å². The predicted molar refractivity (Wildman–Crippen MR) is 181 cm³/mol. The van der Waals surface area contributed by atoms with Crippen LogP contribution in [0.1, 0.15) is 30.9 Å². The molecule has 2 amide bonds. The van der Waals surface area contributed by atoms with Gasteiger partial charge in [-0.05, 0) is 48.4 Å². The van der Waals surface area contributed by atoms with Gasteiger partial charge in [-0.1, -0.05) is 115 Å². The summed E-state index contributed by atoms with van der Waals surface area (Å²) in [5, 5.41) is 3.72. The van der Waals surface area contributed by atoms with Crippen molar-refractivity contribution in [2.24, 2.45) is 0 Å². The van der Waals surface area contributed by atoms with E-state index in [-0.39, 0.29) is 34.5 Å². The smallest absolute Gasteiger partial charge is 0.264 e. The average Bonchev–Trinajstić information content (AvgIpc) is 3.04. The third kappa shape index (κ3) is 8.79. The molecular weight excluding hydrogens is 653 g/mol. The molecule has 1 N–H and O–H groups in total. The van der Waals surface area contributed by atoms with Crippen molar-refractivity contribution in [2.45, 2.75) is 43.7 Å². The Morgan fingerprint density at radius 3 is 1.98 bits per heavy atom. The number of hydrogen-bond donors (Lipinski definition) is 1. The van der Waals surface area contributed by atoms with Gasteiger partial charge >= 0.3 is 0 Å². The molecule has 0 aliphatic rings. The number of nitrogens with zero attached hydrogens (tertiary/aromatic N) is 2. The largest absolute Gasteiger partial charge is 0.354 e. The van der Waals surface area contributed by atoms with E-state index in [1.165, 1.54) is 23.1 Å². The van der Waals surface area contributed by atoms with Crippen molar-refractivity contribution in [3.8, 4) is 0 Å². The van der Waals surface area contributed by atoms with E-state index in [1.54, 1.807) is 54.6 Å². The normalized spacial score (nSPS) is 11.9. The van der Waals surface area contributed by atoms with Crippen molar-refractivity contribution in [1.82, 2.24) is 10.2 Å². The number of benzene rings is 4. The van der Waals surface area contributed by atoms with Gasteiger partial charge in [-0.25, -0.2) is 8.42 Å². The molecule has 45 heavy (non-hydrogen) atoms. The maximum absolute atomic E-state index is 14.5. The van der Waals surface area contributed by atoms with Crippen LogP contribution in [0.25, 0.3) is 0 Å². The Balaban J connectivity index is 1.82. The van der Waals surface area contributed by atoms with Crippen LogP contribution in [-0.2, 0) is 32.6 Å². The lowest BCUT2D eigenvalue weighted by atomic mass is 10.0. The summed E-state index contributed by atoms with van der Waals surface area (Å²) in [6, 6.07) is 27.5. The summed E-state index contributed by atoms with van der Waals surface area (Å²) in [7, 11) is -4.27. The van der Waals surface area contributed by atoms with Gasteiger partial charge < -0.3 is 10.2 Å². The first kappa shape index (κ1) is 34.3. The number of para-hydroxylation sites is 1. The Morgan fingerprint density at radius 1 is 0.778 bits per heavy atom. The van der Waals surface area contributed by atoms with Gasteiger partial charge in [0.25, 0.3) is 10.0 Å². The summed E-state index contributed by atoms with van der Waals surface area (Å²) < 4.78 is 29.1. The first-order valence-electron chi connectivity index (χ1n) is 14.5. The van der Waals surface area contributed by atoms with Crippen LogP contribution in [0.4, 0.5) is 5.69 Å². The minimum absolute atomic E-state index is 0.0171. The van der Waals surface area contributed by atoms with Crippen molar-refractivity contribution >= 4 is 62.3 Å². The van der Waals surface area contributed by atoms with E-state index in [0.717, 1.165) is 22.7 Å². The Hall–Kier alpha value is -3.56. The zero-order valence-corrected chi connectivity index (χ0v) is 27.8. The van der Waals surface area contributed by atoms with Crippen LogP contribution in [0.2, 0.25) is 15.1 Å². The second-order valence-corrected chi connectivity index (χ2v) is 13.4. The number of unbranched alkanes of at least 4 members (excludes halogenated alkanes) is 1. The van der Waals surface area contributed by atoms with Crippen molar-refractivity contribution in [2.75, 3.05) is 17.4 Å². The van der Waals surface area contributed by atoms with E-state index in [1.807, 2.05) is 37.3 Å². The minimum atomic E-state index is -4.27. The highest BCUT2D eigenvalue weighted by Gasteiger charge is 2.35. The van der Waals surface area contributed by atoms with Crippen molar-refractivity contribution in [3.63, 3.8) is 0 Å². The fraction of sp³-hybridized carbons (Fsp3) is 0.235. The van der Waals surface area contributed by atoms with Crippen LogP contribution in [-0.4, -0.2) is 44.3 Å². The molecule has 4 rings (SSSR count). The molecule has 0 aliphatic carbocycles. The van der Waals surface area contributed by atoms with Gasteiger partial charge in [0.05, 0.1) is 15.6 Å². The molecule has 236 valence electrons. The molecule has 0 saturated carbocycles. The second kappa shape index (κ2) is 16.1. The van der Waals surface area contributed by atoms with Gasteiger partial charge in [0, 0.05) is 35.1 Å². The van der Waals surface area contributed by atoms with Gasteiger partial charge in [0.2, 0.25) is 11.8 Å². The predicted octanol–water partition coefficient (Wildman–Crippen LogP) is 7.40. The number of sulfonamides is 1. The Morgan fingerprint density at radius 2 is 1.36 bits per heavy atom. The summed E-state index contributed by atoms with van der Waals surface area (Å²) in [6.45, 7) is 1.65. The quantitative estimate of drug-likeness (QED) is 0.140. The van der Waals surface area contributed by atoms with Gasteiger partial charge in [0.1, 0.15) is 12.6 Å². The van der Waals surface area contributed by atoms with E-state index in [4.69, 9.17) is 34.8 Å².